The molecule has 1 nitrogen and oxygen atoms in total. The SMILES string of the molecule is OC(F)C(F)(F)C(F)(F)C(F)(F)C(F)(F)C(F)C(F)C(F)F. The zero-order valence-electron chi connectivity index (χ0n) is 9.67. The third-order valence-electron chi connectivity index (χ3n) is 2.40. The topological polar surface area (TPSA) is 20.2 Å². The number of hydrogen-bond donors (Lipinski definition) is 1. The van der Waals surface area contributed by atoms with Crippen LogP contribution in [0, 0.1) is 0 Å². The average molecular weight is 364 g/mol. The lowest BCUT2D eigenvalue weighted by atomic mass is 9.94. The van der Waals surface area contributed by atoms with Gasteiger partial charge in [-0.05, 0) is 0 Å². The molecule has 0 aromatic carbocycles. The molecule has 0 fully saturated rings. The van der Waals surface area contributed by atoms with Gasteiger partial charge in [0.15, 0.2) is 6.17 Å². The first-order chi connectivity index (χ1) is 9.46. The number of alkyl halides is 13. The molecule has 0 aliphatic heterocycles. The molecule has 0 aromatic rings. The molecule has 0 bridgehead atoms. The van der Waals surface area contributed by atoms with E-state index in [2.05, 4.69) is 0 Å². The Bertz CT molecular complexity index is 378. The van der Waals surface area contributed by atoms with E-state index in [1.165, 1.54) is 0 Å². The molecular formula is C8H5F13O. The highest BCUT2D eigenvalue weighted by atomic mass is 19.4. The van der Waals surface area contributed by atoms with E-state index in [1.54, 1.807) is 0 Å². The van der Waals surface area contributed by atoms with Crippen LogP contribution in [-0.4, -0.2) is 53.9 Å². The Morgan fingerprint density at radius 2 is 0.909 bits per heavy atom. The quantitative estimate of drug-likeness (QED) is 0.683. The Labute approximate surface area is 112 Å². The van der Waals surface area contributed by atoms with Crippen LogP contribution in [-0.2, 0) is 0 Å². The van der Waals surface area contributed by atoms with Crippen LogP contribution in [0.15, 0.2) is 0 Å². The fourth-order valence-electron chi connectivity index (χ4n) is 1.07. The van der Waals surface area contributed by atoms with Gasteiger partial charge in [-0.2, -0.15) is 35.1 Å². The molecule has 3 unspecified atom stereocenters. The summed E-state index contributed by atoms with van der Waals surface area (Å²) in [5, 5.41) is 7.62. The molecule has 0 aliphatic rings. The zero-order chi connectivity index (χ0) is 18.3. The minimum Gasteiger partial charge on any atom is -0.359 e. The number of aliphatic hydroxyl groups is 1. The second kappa shape index (κ2) is 5.92. The van der Waals surface area contributed by atoms with E-state index in [0.29, 0.717) is 0 Å². The second-order valence-electron chi connectivity index (χ2n) is 3.91. The summed E-state index contributed by atoms with van der Waals surface area (Å²) in [6.45, 7) is 0. The summed E-state index contributed by atoms with van der Waals surface area (Å²) in [6, 6.07) is 0. The number of aliphatic hydroxyl groups excluding tert-OH is 1. The van der Waals surface area contributed by atoms with Crippen LogP contribution in [0.25, 0.3) is 0 Å². The largest absolute Gasteiger partial charge is 0.383 e. The van der Waals surface area contributed by atoms with Gasteiger partial charge in [0.25, 0.3) is 12.8 Å². The van der Waals surface area contributed by atoms with Crippen LogP contribution in [0.3, 0.4) is 0 Å². The molecule has 1 N–H and O–H groups in total. The fourth-order valence-corrected chi connectivity index (χ4v) is 1.07. The van der Waals surface area contributed by atoms with Crippen molar-refractivity contribution >= 4 is 0 Å². The van der Waals surface area contributed by atoms with Crippen LogP contribution in [0.1, 0.15) is 0 Å². The summed E-state index contributed by atoms with van der Waals surface area (Å²) < 4.78 is 161. The van der Waals surface area contributed by atoms with Crippen molar-refractivity contribution in [3.05, 3.63) is 0 Å². The highest BCUT2D eigenvalue weighted by Crippen LogP contribution is 2.55. The van der Waals surface area contributed by atoms with E-state index in [1.807, 2.05) is 0 Å². The molecule has 0 saturated heterocycles. The van der Waals surface area contributed by atoms with Gasteiger partial charge in [0.1, 0.15) is 0 Å². The maximum absolute atomic E-state index is 12.8. The van der Waals surface area contributed by atoms with E-state index in [4.69, 9.17) is 5.11 Å². The summed E-state index contributed by atoms with van der Waals surface area (Å²) in [5.41, 5.74) is 0. The molecule has 0 rings (SSSR count). The molecule has 0 aromatic heterocycles. The van der Waals surface area contributed by atoms with Crippen molar-refractivity contribution in [1.82, 2.24) is 0 Å². The third kappa shape index (κ3) is 2.93. The van der Waals surface area contributed by atoms with Crippen LogP contribution in [0.2, 0.25) is 0 Å². The van der Waals surface area contributed by atoms with Crippen molar-refractivity contribution in [1.29, 1.82) is 0 Å². The highest BCUT2D eigenvalue weighted by Gasteiger charge is 2.84. The molecule has 134 valence electrons. The Kier molecular flexibility index (Phi) is 5.67. The first-order valence-electron chi connectivity index (χ1n) is 4.86. The van der Waals surface area contributed by atoms with Crippen LogP contribution in [0.5, 0.6) is 0 Å². The lowest BCUT2D eigenvalue weighted by Crippen LogP contribution is -2.68. The second-order valence-corrected chi connectivity index (χ2v) is 3.91. The van der Waals surface area contributed by atoms with E-state index >= 15 is 0 Å². The third-order valence-corrected chi connectivity index (χ3v) is 2.40. The van der Waals surface area contributed by atoms with Gasteiger partial charge in [0.05, 0.1) is 0 Å². The average Bonchev–Trinajstić information content (AvgIpc) is 2.35. The maximum Gasteiger partial charge on any atom is 0.383 e. The lowest BCUT2D eigenvalue weighted by Gasteiger charge is -2.38. The molecular weight excluding hydrogens is 359 g/mol. The lowest BCUT2D eigenvalue weighted by molar-refractivity contribution is -0.399. The Hall–Kier alpha value is -0.950. The molecule has 0 saturated carbocycles. The first-order valence-corrected chi connectivity index (χ1v) is 4.86. The van der Waals surface area contributed by atoms with Gasteiger partial charge in [0, 0.05) is 0 Å². The monoisotopic (exact) mass is 364 g/mol. The number of halogens is 13. The Morgan fingerprint density at radius 1 is 0.591 bits per heavy atom. The number of hydrogen-bond acceptors (Lipinski definition) is 1. The fraction of sp³-hybridized carbons (Fsp3) is 1.00. The predicted molar refractivity (Wildman–Crippen MR) is 42.7 cm³/mol. The van der Waals surface area contributed by atoms with Gasteiger partial charge < -0.3 is 5.11 Å². The molecule has 0 radical (unpaired) electrons. The van der Waals surface area contributed by atoms with Gasteiger partial charge >= 0.3 is 23.7 Å². The van der Waals surface area contributed by atoms with Crippen LogP contribution >= 0.6 is 0 Å². The molecule has 3 atom stereocenters. The van der Waals surface area contributed by atoms with Crippen LogP contribution < -0.4 is 0 Å². The molecule has 0 amide bonds. The summed E-state index contributed by atoms with van der Waals surface area (Å²) in [5.74, 6) is -28.9. The van der Waals surface area contributed by atoms with Crippen LogP contribution in [0.4, 0.5) is 57.1 Å². The summed E-state index contributed by atoms with van der Waals surface area (Å²) >= 11 is 0. The molecule has 14 heteroatoms. The van der Waals surface area contributed by atoms with E-state index in [0.717, 1.165) is 0 Å². The predicted octanol–water partition coefficient (Wildman–Crippen LogP) is 3.76. The van der Waals surface area contributed by atoms with Gasteiger partial charge in [-0.25, -0.2) is 22.0 Å². The van der Waals surface area contributed by atoms with Crippen molar-refractivity contribution in [2.45, 2.75) is 48.8 Å². The molecule has 0 heterocycles. The van der Waals surface area contributed by atoms with Crippen molar-refractivity contribution < 1.29 is 62.2 Å². The summed E-state index contributed by atoms with van der Waals surface area (Å²) in [6.07, 6.45) is -19.8. The Morgan fingerprint density at radius 3 is 1.18 bits per heavy atom. The highest BCUT2D eigenvalue weighted by molar-refractivity contribution is 5.08. The Balaban J connectivity index is 5.89. The van der Waals surface area contributed by atoms with E-state index in [-0.39, 0.29) is 0 Å². The van der Waals surface area contributed by atoms with Crippen molar-refractivity contribution in [3.8, 4) is 0 Å². The zero-order valence-corrected chi connectivity index (χ0v) is 9.67. The maximum atomic E-state index is 12.8. The van der Waals surface area contributed by atoms with Crippen molar-refractivity contribution in [3.63, 3.8) is 0 Å². The standard InChI is InChI=1S/C8H5F13O/c9-1(3(11)12)2(10)5(14,15)7(18,19)8(20,21)6(16,17)4(13)22/h1-4,22H. The normalized spacial score (nSPS) is 19.2. The van der Waals surface area contributed by atoms with Crippen molar-refractivity contribution in [2.75, 3.05) is 0 Å². The number of rotatable bonds is 7. The smallest absolute Gasteiger partial charge is 0.359 e. The molecule has 0 spiro atoms. The minimum absolute atomic E-state index is 4.67. The van der Waals surface area contributed by atoms with Crippen molar-refractivity contribution in [2.24, 2.45) is 0 Å². The van der Waals surface area contributed by atoms with Gasteiger partial charge in [0.2, 0.25) is 6.17 Å². The van der Waals surface area contributed by atoms with Gasteiger partial charge in [-0.1, -0.05) is 0 Å². The summed E-state index contributed by atoms with van der Waals surface area (Å²) in [7, 11) is 0. The van der Waals surface area contributed by atoms with E-state index < -0.39 is 48.8 Å². The molecule has 0 aliphatic carbocycles. The van der Waals surface area contributed by atoms with Gasteiger partial charge in [-0.3, -0.25) is 0 Å². The van der Waals surface area contributed by atoms with E-state index in [9.17, 15) is 57.1 Å². The minimum atomic E-state index is -7.52. The van der Waals surface area contributed by atoms with Gasteiger partial charge in [-0.15, -0.1) is 0 Å². The summed E-state index contributed by atoms with van der Waals surface area (Å²) in [4.78, 5) is 0. The first kappa shape index (κ1) is 21.0. The molecule has 22 heavy (non-hydrogen) atoms.